The average molecular weight is 327 g/mol. The first-order valence-electron chi connectivity index (χ1n) is 8.40. The van der Waals surface area contributed by atoms with Crippen LogP contribution in [0.25, 0.3) is 10.8 Å². The van der Waals surface area contributed by atoms with E-state index in [2.05, 4.69) is 0 Å². The first kappa shape index (κ1) is 15.1. The molecular weight excluding hydrogens is 306 g/mol. The normalized spacial score (nSPS) is 25.7. The lowest BCUT2D eigenvalue weighted by Gasteiger charge is -2.37. The largest absolute Gasteiger partial charge is 0.497 e. The van der Waals surface area contributed by atoms with Gasteiger partial charge in [-0.15, -0.1) is 0 Å². The Morgan fingerprint density at radius 2 is 1.67 bits per heavy atom. The molecule has 5 nitrogen and oxygen atoms in total. The fourth-order valence-electron chi connectivity index (χ4n) is 4.13. The summed E-state index contributed by atoms with van der Waals surface area (Å²) in [6.07, 6.45) is 2.75. The molecule has 24 heavy (non-hydrogen) atoms. The van der Waals surface area contributed by atoms with Gasteiger partial charge in [0.1, 0.15) is 17.6 Å². The van der Waals surface area contributed by atoms with Crippen LogP contribution in [0.1, 0.15) is 25.7 Å². The average Bonchev–Trinajstić information content (AvgIpc) is 2.86. The van der Waals surface area contributed by atoms with Crippen LogP contribution in [0.2, 0.25) is 0 Å². The van der Waals surface area contributed by atoms with Gasteiger partial charge in [0.25, 0.3) is 0 Å². The molecular formula is C19H21NO4. The number of methoxy groups -OCH3 is 1. The highest BCUT2D eigenvalue weighted by Gasteiger charge is 2.44. The number of hydrogen-bond donors (Lipinski definition) is 1. The van der Waals surface area contributed by atoms with Crippen molar-refractivity contribution in [1.29, 1.82) is 0 Å². The first-order chi connectivity index (χ1) is 11.6. The molecule has 0 spiro atoms. The molecule has 126 valence electrons. The lowest BCUT2D eigenvalue weighted by atomic mass is 10.00. The molecule has 2 saturated heterocycles. The molecule has 2 aliphatic rings. The Kier molecular flexibility index (Phi) is 3.71. The molecule has 1 N–H and O–H groups in total. The maximum Gasteiger partial charge on any atom is 0.407 e. The van der Waals surface area contributed by atoms with Crippen molar-refractivity contribution in [3.8, 4) is 11.5 Å². The number of hydrogen-bond acceptors (Lipinski definition) is 3. The number of nitrogens with zero attached hydrogens (tertiary/aromatic N) is 1. The van der Waals surface area contributed by atoms with Gasteiger partial charge in [0.15, 0.2) is 0 Å². The highest BCUT2D eigenvalue weighted by Crippen LogP contribution is 2.37. The van der Waals surface area contributed by atoms with E-state index < -0.39 is 6.09 Å². The van der Waals surface area contributed by atoms with E-state index in [4.69, 9.17) is 9.47 Å². The second-order valence-electron chi connectivity index (χ2n) is 6.66. The van der Waals surface area contributed by atoms with E-state index >= 15 is 0 Å². The molecule has 2 bridgehead atoms. The number of amides is 1. The van der Waals surface area contributed by atoms with Crippen LogP contribution in [-0.2, 0) is 0 Å². The van der Waals surface area contributed by atoms with Crippen LogP contribution in [0.4, 0.5) is 4.79 Å². The van der Waals surface area contributed by atoms with E-state index in [1.165, 1.54) is 0 Å². The summed E-state index contributed by atoms with van der Waals surface area (Å²) in [5.41, 5.74) is 0. The van der Waals surface area contributed by atoms with Crippen LogP contribution < -0.4 is 9.47 Å². The van der Waals surface area contributed by atoms with Crippen molar-refractivity contribution in [3.63, 3.8) is 0 Å². The van der Waals surface area contributed by atoms with Gasteiger partial charge in [-0.2, -0.15) is 0 Å². The molecule has 0 aliphatic carbocycles. The monoisotopic (exact) mass is 327 g/mol. The van der Waals surface area contributed by atoms with Crippen molar-refractivity contribution in [1.82, 2.24) is 4.90 Å². The van der Waals surface area contributed by atoms with Crippen molar-refractivity contribution in [2.24, 2.45) is 0 Å². The van der Waals surface area contributed by atoms with Crippen LogP contribution >= 0.6 is 0 Å². The van der Waals surface area contributed by atoms with Crippen molar-refractivity contribution < 1.29 is 19.4 Å². The van der Waals surface area contributed by atoms with Gasteiger partial charge in [-0.05, 0) is 47.9 Å². The summed E-state index contributed by atoms with van der Waals surface area (Å²) in [5, 5.41) is 11.6. The number of carboxylic acid groups (broad SMARTS) is 1. The second-order valence-corrected chi connectivity index (χ2v) is 6.66. The summed E-state index contributed by atoms with van der Waals surface area (Å²) in [5.74, 6) is 1.66. The number of ether oxygens (including phenoxy) is 2. The molecule has 2 aliphatic heterocycles. The van der Waals surface area contributed by atoms with Crippen molar-refractivity contribution in [2.75, 3.05) is 7.11 Å². The van der Waals surface area contributed by atoms with Gasteiger partial charge in [-0.1, -0.05) is 12.1 Å². The van der Waals surface area contributed by atoms with Crippen molar-refractivity contribution in [3.05, 3.63) is 36.4 Å². The smallest absolute Gasteiger partial charge is 0.407 e. The van der Waals surface area contributed by atoms with E-state index in [0.717, 1.165) is 48.0 Å². The quantitative estimate of drug-likeness (QED) is 0.929. The minimum Gasteiger partial charge on any atom is -0.497 e. The molecule has 2 fully saturated rings. The summed E-state index contributed by atoms with van der Waals surface area (Å²) in [6.45, 7) is 0. The summed E-state index contributed by atoms with van der Waals surface area (Å²) < 4.78 is 11.5. The summed E-state index contributed by atoms with van der Waals surface area (Å²) in [6, 6.07) is 12.2. The number of fused-ring (bicyclic) bond motifs is 3. The zero-order valence-corrected chi connectivity index (χ0v) is 13.6. The minimum atomic E-state index is -0.793. The topological polar surface area (TPSA) is 59.0 Å². The molecule has 2 unspecified atom stereocenters. The minimum absolute atomic E-state index is 0.0844. The van der Waals surface area contributed by atoms with Gasteiger partial charge >= 0.3 is 6.09 Å². The van der Waals surface area contributed by atoms with Gasteiger partial charge in [0.05, 0.1) is 7.11 Å². The van der Waals surface area contributed by atoms with Crippen LogP contribution in [0.3, 0.4) is 0 Å². The van der Waals surface area contributed by atoms with Crippen LogP contribution in [0, 0.1) is 0 Å². The van der Waals surface area contributed by atoms with E-state index in [0.29, 0.717) is 0 Å². The first-order valence-corrected chi connectivity index (χ1v) is 8.40. The SMILES string of the molecule is COc1ccc2ccc(OC3CC4CCC(C3)N4C(=O)O)cc2c1. The van der Waals surface area contributed by atoms with Gasteiger partial charge in [0, 0.05) is 24.9 Å². The molecule has 2 heterocycles. The van der Waals surface area contributed by atoms with E-state index in [-0.39, 0.29) is 18.2 Å². The molecule has 0 saturated carbocycles. The van der Waals surface area contributed by atoms with E-state index in [1.54, 1.807) is 12.0 Å². The molecule has 2 aromatic rings. The number of benzene rings is 2. The highest BCUT2D eigenvalue weighted by molar-refractivity contribution is 5.85. The van der Waals surface area contributed by atoms with Gasteiger partial charge in [-0.3, -0.25) is 0 Å². The maximum atomic E-state index is 11.4. The molecule has 1 amide bonds. The molecule has 2 aromatic carbocycles. The highest BCUT2D eigenvalue weighted by atomic mass is 16.5. The fraction of sp³-hybridized carbons (Fsp3) is 0.421. The Hall–Kier alpha value is -2.43. The van der Waals surface area contributed by atoms with E-state index in [1.807, 2.05) is 36.4 Å². The van der Waals surface area contributed by atoms with Crippen molar-refractivity contribution >= 4 is 16.9 Å². The zero-order valence-electron chi connectivity index (χ0n) is 13.6. The standard InChI is InChI=1S/C19H21NO4/c1-23-16-6-2-12-3-7-17(9-13(12)8-16)24-18-10-14-4-5-15(11-18)20(14)19(21)22/h2-3,6-9,14-15,18H,4-5,10-11H2,1H3,(H,21,22). The Bertz CT molecular complexity index is 761. The number of carbonyl (C=O) groups is 1. The third-order valence-electron chi connectivity index (χ3n) is 5.23. The maximum absolute atomic E-state index is 11.4. The van der Waals surface area contributed by atoms with Gasteiger partial charge < -0.3 is 19.5 Å². The lowest BCUT2D eigenvalue weighted by Crippen LogP contribution is -2.48. The Labute approximate surface area is 140 Å². The molecule has 4 rings (SSSR count). The Balaban J connectivity index is 1.52. The van der Waals surface area contributed by atoms with Crippen molar-refractivity contribution in [2.45, 2.75) is 43.9 Å². The van der Waals surface area contributed by atoms with Crippen LogP contribution in [0.15, 0.2) is 36.4 Å². The predicted molar refractivity (Wildman–Crippen MR) is 90.8 cm³/mol. The van der Waals surface area contributed by atoms with Crippen LogP contribution in [0.5, 0.6) is 11.5 Å². The van der Waals surface area contributed by atoms with Gasteiger partial charge in [0.2, 0.25) is 0 Å². The zero-order chi connectivity index (χ0) is 16.7. The van der Waals surface area contributed by atoms with Gasteiger partial charge in [-0.25, -0.2) is 4.79 Å². The lowest BCUT2D eigenvalue weighted by molar-refractivity contribution is 0.0496. The third-order valence-corrected chi connectivity index (χ3v) is 5.23. The Morgan fingerprint density at radius 1 is 1.04 bits per heavy atom. The molecule has 0 aromatic heterocycles. The second kappa shape index (κ2) is 5.89. The summed E-state index contributed by atoms with van der Waals surface area (Å²) >= 11 is 0. The van der Waals surface area contributed by atoms with Crippen LogP contribution in [-0.4, -0.2) is 41.4 Å². The molecule has 2 atom stereocenters. The molecule has 5 heteroatoms. The number of piperidine rings is 1. The van der Waals surface area contributed by atoms with E-state index in [9.17, 15) is 9.90 Å². The summed E-state index contributed by atoms with van der Waals surface area (Å²) in [4.78, 5) is 13.0. The summed E-state index contributed by atoms with van der Waals surface area (Å²) in [7, 11) is 1.66. The Morgan fingerprint density at radius 3 is 2.29 bits per heavy atom. The predicted octanol–water partition coefficient (Wildman–Crippen LogP) is 3.90. The molecule has 0 radical (unpaired) electrons. The third kappa shape index (κ3) is 2.64. The fourth-order valence-corrected chi connectivity index (χ4v) is 4.13. The number of rotatable bonds is 3.